The van der Waals surface area contributed by atoms with Crippen molar-refractivity contribution >= 4 is 0 Å². The summed E-state index contributed by atoms with van der Waals surface area (Å²) in [5.41, 5.74) is 0.866. The lowest BCUT2D eigenvalue weighted by molar-refractivity contribution is 0.389. The van der Waals surface area contributed by atoms with Crippen LogP contribution in [0.5, 0.6) is 5.88 Å². The minimum Gasteiger partial charge on any atom is -0.480 e. The molecule has 0 aliphatic heterocycles. The molecule has 0 saturated carbocycles. The molecule has 7 nitrogen and oxygen atoms in total. The van der Waals surface area contributed by atoms with Crippen LogP contribution in [-0.4, -0.2) is 38.6 Å². The molecule has 102 valence electrons. The standard InChI is InChI=1S/C12H18N6O/c1-4-13-10(7-11-14-8-15-18(11)2)9-5-6-12(19-3)17-16-9/h5-6,8,10,13H,4,7H2,1-3H3. The van der Waals surface area contributed by atoms with Crippen molar-refractivity contribution in [1.29, 1.82) is 0 Å². The van der Waals surface area contributed by atoms with E-state index in [9.17, 15) is 0 Å². The maximum atomic E-state index is 5.01. The minimum absolute atomic E-state index is 0.0614. The van der Waals surface area contributed by atoms with Gasteiger partial charge in [0.15, 0.2) is 0 Å². The zero-order valence-corrected chi connectivity index (χ0v) is 11.4. The van der Waals surface area contributed by atoms with Gasteiger partial charge in [-0.1, -0.05) is 6.92 Å². The topological polar surface area (TPSA) is 77.8 Å². The van der Waals surface area contributed by atoms with E-state index in [-0.39, 0.29) is 6.04 Å². The fourth-order valence-corrected chi connectivity index (χ4v) is 1.84. The Hall–Kier alpha value is -2.02. The van der Waals surface area contributed by atoms with Gasteiger partial charge < -0.3 is 10.1 Å². The number of likely N-dealkylation sites (N-methyl/N-ethyl adjacent to an activating group) is 1. The number of rotatable bonds is 6. The van der Waals surface area contributed by atoms with Gasteiger partial charge in [0.05, 0.1) is 18.8 Å². The normalized spacial score (nSPS) is 12.4. The molecule has 1 N–H and O–H groups in total. The predicted octanol–water partition coefficient (Wildman–Crippen LogP) is 0.507. The summed E-state index contributed by atoms with van der Waals surface area (Å²) in [4.78, 5) is 4.24. The van der Waals surface area contributed by atoms with Gasteiger partial charge in [-0.25, -0.2) is 4.98 Å². The maximum absolute atomic E-state index is 5.01. The van der Waals surface area contributed by atoms with E-state index in [0.717, 1.165) is 18.1 Å². The van der Waals surface area contributed by atoms with E-state index in [1.54, 1.807) is 18.1 Å². The van der Waals surface area contributed by atoms with Crippen molar-refractivity contribution < 1.29 is 4.74 Å². The summed E-state index contributed by atoms with van der Waals surface area (Å²) in [6.45, 7) is 2.90. The Balaban J connectivity index is 2.16. The van der Waals surface area contributed by atoms with Crippen LogP contribution in [0, 0.1) is 0 Å². The van der Waals surface area contributed by atoms with Gasteiger partial charge in [0.25, 0.3) is 0 Å². The predicted molar refractivity (Wildman–Crippen MR) is 69.7 cm³/mol. The van der Waals surface area contributed by atoms with Crippen molar-refractivity contribution in [3.63, 3.8) is 0 Å². The van der Waals surface area contributed by atoms with E-state index in [4.69, 9.17) is 4.74 Å². The highest BCUT2D eigenvalue weighted by molar-refractivity contribution is 5.15. The second kappa shape index (κ2) is 6.24. The number of hydrogen-bond donors (Lipinski definition) is 1. The minimum atomic E-state index is 0.0614. The fraction of sp³-hybridized carbons (Fsp3) is 0.500. The summed E-state index contributed by atoms with van der Waals surface area (Å²) < 4.78 is 6.78. The number of hydrogen-bond acceptors (Lipinski definition) is 6. The van der Waals surface area contributed by atoms with Crippen LogP contribution < -0.4 is 10.1 Å². The quantitative estimate of drug-likeness (QED) is 0.817. The number of methoxy groups -OCH3 is 1. The molecule has 2 aromatic rings. The van der Waals surface area contributed by atoms with Gasteiger partial charge in [0, 0.05) is 19.5 Å². The molecule has 0 aliphatic carbocycles. The Bertz CT molecular complexity index is 509. The van der Waals surface area contributed by atoms with Gasteiger partial charge in [-0.15, -0.1) is 5.10 Å². The molecule has 0 aliphatic rings. The van der Waals surface area contributed by atoms with Crippen LogP contribution in [0.1, 0.15) is 24.5 Å². The first-order valence-electron chi connectivity index (χ1n) is 6.18. The summed E-state index contributed by atoms with van der Waals surface area (Å²) in [7, 11) is 3.45. The Labute approximate surface area is 112 Å². The molecule has 2 aromatic heterocycles. The van der Waals surface area contributed by atoms with E-state index in [2.05, 4.69) is 32.5 Å². The van der Waals surface area contributed by atoms with E-state index >= 15 is 0 Å². The van der Waals surface area contributed by atoms with Crippen LogP contribution in [-0.2, 0) is 13.5 Å². The molecule has 19 heavy (non-hydrogen) atoms. The van der Waals surface area contributed by atoms with Gasteiger partial charge in [-0.05, 0) is 12.6 Å². The van der Waals surface area contributed by atoms with Crippen molar-refractivity contribution in [3.8, 4) is 5.88 Å². The molecule has 7 heteroatoms. The lowest BCUT2D eigenvalue weighted by atomic mass is 10.1. The van der Waals surface area contributed by atoms with E-state index in [1.807, 2.05) is 19.2 Å². The molecular weight excluding hydrogens is 244 g/mol. The summed E-state index contributed by atoms with van der Waals surface area (Å²) >= 11 is 0. The molecule has 1 unspecified atom stereocenters. The van der Waals surface area contributed by atoms with Crippen molar-refractivity contribution in [2.24, 2.45) is 7.05 Å². The van der Waals surface area contributed by atoms with Gasteiger partial charge >= 0.3 is 0 Å². The molecule has 0 aromatic carbocycles. The van der Waals surface area contributed by atoms with E-state index in [0.29, 0.717) is 12.3 Å². The summed E-state index contributed by atoms with van der Waals surface area (Å²) in [6, 6.07) is 3.78. The lowest BCUT2D eigenvalue weighted by Crippen LogP contribution is -2.25. The van der Waals surface area contributed by atoms with E-state index in [1.165, 1.54) is 0 Å². The van der Waals surface area contributed by atoms with Crippen LogP contribution in [0.15, 0.2) is 18.5 Å². The molecule has 2 heterocycles. The van der Waals surface area contributed by atoms with Gasteiger partial charge in [-0.3, -0.25) is 4.68 Å². The monoisotopic (exact) mass is 262 g/mol. The molecule has 0 radical (unpaired) electrons. The smallest absolute Gasteiger partial charge is 0.233 e. The third kappa shape index (κ3) is 3.25. The highest BCUT2D eigenvalue weighted by Gasteiger charge is 2.16. The fourth-order valence-electron chi connectivity index (χ4n) is 1.84. The Kier molecular flexibility index (Phi) is 4.40. The molecule has 0 saturated heterocycles. The Morgan fingerprint density at radius 1 is 1.37 bits per heavy atom. The average Bonchev–Trinajstić information content (AvgIpc) is 2.84. The molecule has 1 atom stereocenters. The first kappa shape index (κ1) is 13.4. The Morgan fingerprint density at radius 3 is 2.74 bits per heavy atom. The molecule has 0 spiro atoms. The van der Waals surface area contributed by atoms with Gasteiger partial charge in [0.1, 0.15) is 12.2 Å². The van der Waals surface area contributed by atoms with Crippen molar-refractivity contribution in [2.75, 3.05) is 13.7 Å². The third-order valence-corrected chi connectivity index (χ3v) is 2.87. The number of aromatic nitrogens is 5. The summed E-state index contributed by atoms with van der Waals surface area (Å²) in [5, 5.41) is 15.6. The second-order valence-electron chi connectivity index (χ2n) is 4.11. The third-order valence-electron chi connectivity index (χ3n) is 2.87. The first-order valence-corrected chi connectivity index (χ1v) is 6.18. The van der Waals surface area contributed by atoms with Crippen molar-refractivity contribution in [2.45, 2.75) is 19.4 Å². The molecular formula is C12H18N6O. The Morgan fingerprint density at radius 2 is 2.21 bits per heavy atom. The zero-order valence-electron chi connectivity index (χ0n) is 11.4. The van der Waals surface area contributed by atoms with Crippen molar-refractivity contribution in [3.05, 3.63) is 30.0 Å². The summed E-state index contributed by atoms with van der Waals surface area (Å²) in [5.74, 6) is 1.42. The molecule has 0 bridgehead atoms. The highest BCUT2D eigenvalue weighted by atomic mass is 16.5. The highest BCUT2D eigenvalue weighted by Crippen LogP contribution is 2.16. The van der Waals surface area contributed by atoms with Crippen molar-refractivity contribution in [1.82, 2.24) is 30.3 Å². The summed E-state index contributed by atoms with van der Waals surface area (Å²) in [6.07, 6.45) is 2.27. The zero-order chi connectivity index (χ0) is 13.7. The lowest BCUT2D eigenvalue weighted by Gasteiger charge is -2.16. The number of ether oxygens (including phenoxy) is 1. The van der Waals surface area contributed by atoms with Gasteiger partial charge in [-0.2, -0.15) is 10.2 Å². The van der Waals surface area contributed by atoms with Gasteiger partial charge in [0.2, 0.25) is 5.88 Å². The largest absolute Gasteiger partial charge is 0.480 e. The molecule has 0 fully saturated rings. The number of nitrogens with one attached hydrogen (secondary N) is 1. The van der Waals surface area contributed by atoms with Crippen LogP contribution in [0.2, 0.25) is 0 Å². The molecule has 2 rings (SSSR count). The van der Waals surface area contributed by atoms with E-state index < -0.39 is 0 Å². The van der Waals surface area contributed by atoms with Crippen LogP contribution in [0.4, 0.5) is 0 Å². The van der Waals surface area contributed by atoms with Crippen LogP contribution >= 0.6 is 0 Å². The first-order chi connectivity index (χ1) is 9.24. The number of nitrogens with zero attached hydrogens (tertiary/aromatic N) is 5. The average molecular weight is 262 g/mol. The number of aryl methyl sites for hydroxylation is 1. The maximum Gasteiger partial charge on any atom is 0.233 e. The van der Waals surface area contributed by atoms with Crippen LogP contribution in [0.3, 0.4) is 0 Å². The molecule has 0 amide bonds. The second-order valence-corrected chi connectivity index (χ2v) is 4.11. The van der Waals surface area contributed by atoms with Crippen LogP contribution in [0.25, 0.3) is 0 Å². The SMILES string of the molecule is CCNC(Cc1ncnn1C)c1ccc(OC)nn1.